The normalized spacial score (nSPS) is 40.1. The van der Waals surface area contributed by atoms with E-state index < -0.39 is 0 Å². The van der Waals surface area contributed by atoms with Crippen molar-refractivity contribution in [2.45, 2.75) is 55.0 Å². The Labute approximate surface area is 159 Å². The van der Waals surface area contributed by atoms with Crippen LogP contribution in [0, 0.1) is 5.92 Å². The van der Waals surface area contributed by atoms with Crippen LogP contribution in [-0.2, 0) is 10.2 Å². The number of ether oxygens (including phenoxy) is 2. The molecule has 0 N–H and O–H groups in total. The molecule has 2 saturated heterocycles. The van der Waals surface area contributed by atoms with Gasteiger partial charge in [0, 0.05) is 23.2 Å². The molecule has 27 heavy (non-hydrogen) atoms. The zero-order valence-electron chi connectivity index (χ0n) is 16.1. The van der Waals surface area contributed by atoms with Crippen LogP contribution in [-0.4, -0.2) is 42.8 Å². The first kappa shape index (κ1) is 15.8. The summed E-state index contributed by atoms with van der Waals surface area (Å²) < 4.78 is 10.8. The average Bonchev–Trinajstić information content (AvgIpc) is 3.09. The van der Waals surface area contributed by atoms with E-state index in [4.69, 9.17) is 9.47 Å². The van der Waals surface area contributed by atoms with Gasteiger partial charge in [0.25, 0.3) is 0 Å². The number of rotatable bonds is 1. The van der Waals surface area contributed by atoms with Gasteiger partial charge in [0.1, 0.15) is 5.75 Å². The Kier molecular flexibility index (Phi) is 2.71. The summed E-state index contributed by atoms with van der Waals surface area (Å²) in [6.45, 7) is 5.41. The first-order valence-corrected chi connectivity index (χ1v) is 10.1. The number of carbonyl (C=O) groups is 1. The van der Waals surface area contributed by atoms with Crippen molar-refractivity contribution in [3.63, 3.8) is 0 Å². The standard InChI is InChI=1S/C22H26N2O3/c1-14-6-7-20-8-9-22-18(13-20)21(22,10-11-23(14)20)16-12-15(26-2)4-5-17(16)24(22)19(25)27-3/h4-5,12,18H,1,6-11,13H2,2-3H3/t18?,20-,21+,22-/m1/s1. The summed E-state index contributed by atoms with van der Waals surface area (Å²) in [6.07, 6.45) is 6.56. The molecule has 142 valence electrons. The SMILES string of the molecule is C=C1CC[C@@]23CC[C@@]45C(C2)[C@]4(CCN13)c1cc(OC)ccc1N5C(=O)OC. The summed E-state index contributed by atoms with van der Waals surface area (Å²) in [5, 5.41) is 0. The Hall–Kier alpha value is -2.17. The fraction of sp³-hybridized carbons (Fsp3) is 0.591. The highest BCUT2D eigenvalue weighted by Gasteiger charge is 2.87. The van der Waals surface area contributed by atoms with E-state index in [0.717, 1.165) is 50.1 Å². The number of anilines is 1. The van der Waals surface area contributed by atoms with Crippen molar-refractivity contribution in [1.82, 2.24) is 4.90 Å². The molecule has 5 aliphatic rings. The lowest BCUT2D eigenvalue weighted by Crippen LogP contribution is -2.53. The molecule has 2 aliphatic carbocycles. The van der Waals surface area contributed by atoms with E-state index >= 15 is 0 Å². The van der Waals surface area contributed by atoms with Crippen LogP contribution >= 0.6 is 0 Å². The highest BCUT2D eigenvalue weighted by Crippen LogP contribution is 2.81. The summed E-state index contributed by atoms with van der Waals surface area (Å²) in [7, 11) is 3.21. The van der Waals surface area contributed by atoms with E-state index in [1.165, 1.54) is 24.8 Å². The Morgan fingerprint density at radius 2 is 2.07 bits per heavy atom. The van der Waals surface area contributed by atoms with Crippen LogP contribution in [0.2, 0.25) is 0 Å². The number of carbonyl (C=O) groups excluding carboxylic acids is 1. The number of nitrogens with zero attached hydrogens (tertiary/aromatic N) is 2. The van der Waals surface area contributed by atoms with Gasteiger partial charge in [-0.3, -0.25) is 4.90 Å². The van der Waals surface area contributed by atoms with Crippen molar-refractivity contribution >= 4 is 11.8 Å². The minimum absolute atomic E-state index is 0.0409. The molecule has 2 bridgehead atoms. The number of hydrogen-bond donors (Lipinski definition) is 0. The first-order chi connectivity index (χ1) is 13.0. The average molecular weight is 366 g/mol. The molecule has 5 heteroatoms. The van der Waals surface area contributed by atoms with Gasteiger partial charge in [0.05, 0.1) is 25.4 Å². The number of hydrogen-bond acceptors (Lipinski definition) is 4. The predicted molar refractivity (Wildman–Crippen MR) is 102 cm³/mol. The van der Waals surface area contributed by atoms with Crippen molar-refractivity contribution in [3.8, 4) is 5.75 Å². The Bertz CT molecular complexity index is 898. The molecule has 2 saturated carbocycles. The molecular weight excluding hydrogens is 340 g/mol. The third-order valence-corrected chi connectivity index (χ3v) is 8.66. The van der Waals surface area contributed by atoms with Crippen LogP contribution in [0.1, 0.15) is 44.1 Å². The van der Waals surface area contributed by atoms with Crippen LogP contribution in [0.5, 0.6) is 5.75 Å². The highest BCUT2D eigenvalue weighted by molar-refractivity contribution is 5.97. The highest BCUT2D eigenvalue weighted by atomic mass is 16.5. The van der Waals surface area contributed by atoms with Gasteiger partial charge in [-0.15, -0.1) is 0 Å². The molecule has 1 aromatic carbocycles. The minimum atomic E-state index is -0.213. The van der Waals surface area contributed by atoms with E-state index in [9.17, 15) is 4.79 Å². The molecular formula is C22H26N2O3. The maximum atomic E-state index is 12.9. The van der Waals surface area contributed by atoms with Crippen LogP contribution < -0.4 is 9.64 Å². The lowest BCUT2D eigenvalue weighted by Gasteiger charge is -2.47. The van der Waals surface area contributed by atoms with Gasteiger partial charge in [-0.05, 0) is 68.2 Å². The van der Waals surface area contributed by atoms with E-state index in [1.54, 1.807) is 7.11 Å². The second kappa shape index (κ2) is 4.62. The van der Waals surface area contributed by atoms with Crippen molar-refractivity contribution in [3.05, 3.63) is 36.0 Å². The monoisotopic (exact) mass is 366 g/mol. The van der Waals surface area contributed by atoms with Gasteiger partial charge in [0.15, 0.2) is 0 Å². The van der Waals surface area contributed by atoms with Crippen molar-refractivity contribution in [2.75, 3.05) is 25.7 Å². The molecule has 0 aromatic heterocycles. The van der Waals surface area contributed by atoms with Crippen molar-refractivity contribution in [1.29, 1.82) is 0 Å². The number of allylic oxidation sites excluding steroid dienone is 1. The minimum Gasteiger partial charge on any atom is -0.497 e. The third kappa shape index (κ3) is 1.47. The second-order valence-electron chi connectivity index (χ2n) is 9.03. The topological polar surface area (TPSA) is 42.0 Å². The number of amides is 1. The number of benzene rings is 1. The molecule has 1 unspecified atom stereocenters. The van der Waals surface area contributed by atoms with Crippen molar-refractivity contribution in [2.24, 2.45) is 5.92 Å². The molecule has 4 fully saturated rings. The summed E-state index contributed by atoms with van der Waals surface area (Å²) >= 11 is 0. The van der Waals surface area contributed by atoms with Gasteiger partial charge in [-0.2, -0.15) is 0 Å². The second-order valence-corrected chi connectivity index (χ2v) is 9.03. The van der Waals surface area contributed by atoms with Gasteiger partial charge in [0.2, 0.25) is 0 Å². The van der Waals surface area contributed by atoms with Crippen LogP contribution in [0.3, 0.4) is 0 Å². The maximum absolute atomic E-state index is 12.9. The Morgan fingerprint density at radius 3 is 2.85 bits per heavy atom. The van der Waals surface area contributed by atoms with Crippen LogP contribution in [0.25, 0.3) is 0 Å². The van der Waals surface area contributed by atoms with Gasteiger partial charge in [-0.1, -0.05) is 6.58 Å². The fourth-order valence-corrected chi connectivity index (χ4v) is 7.63. The predicted octanol–water partition coefficient (Wildman–Crippen LogP) is 3.82. The number of methoxy groups -OCH3 is 2. The molecule has 1 amide bonds. The van der Waals surface area contributed by atoms with Gasteiger partial charge in [-0.25, -0.2) is 4.79 Å². The van der Waals surface area contributed by atoms with Crippen LogP contribution in [0.15, 0.2) is 30.5 Å². The zero-order chi connectivity index (χ0) is 18.6. The largest absolute Gasteiger partial charge is 0.497 e. The molecule has 0 radical (unpaired) electrons. The smallest absolute Gasteiger partial charge is 0.414 e. The molecule has 3 aliphatic heterocycles. The number of fused-ring (bicyclic) bond motifs is 1. The van der Waals surface area contributed by atoms with E-state index in [0.29, 0.717) is 5.92 Å². The molecule has 5 nitrogen and oxygen atoms in total. The maximum Gasteiger partial charge on any atom is 0.414 e. The quantitative estimate of drug-likeness (QED) is 0.758. The first-order valence-electron chi connectivity index (χ1n) is 10.1. The lowest BCUT2D eigenvalue weighted by atomic mass is 9.77. The summed E-state index contributed by atoms with van der Waals surface area (Å²) in [5.74, 6) is 1.38. The Balaban J connectivity index is 1.55. The van der Waals surface area contributed by atoms with Crippen molar-refractivity contribution < 1.29 is 14.3 Å². The molecule has 1 aromatic rings. The lowest BCUT2D eigenvalue weighted by molar-refractivity contribution is 0.0980. The van der Waals surface area contributed by atoms with Crippen LogP contribution in [0.4, 0.5) is 10.5 Å². The Morgan fingerprint density at radius 1 is 1.22 bits per heavy atom. The zero-order valence-corrected chi connectivity index (χ0v) is 16.1. The van der Waals surface area contributed by atoms with Gasteiger partial charge >= 0.3 is 6.09 Å². The summed E-state index contributed by atoms with van der Waals surface area (Å²) in [5.41, 5.74) is 3.84. The fourth-order valence-electron chi connectivity index (χ4n) is 7.63. The van der Waals surface area contributed by atoms with Gasteiger partial charge < -0.3 is 14.4 Å². The van der Waals surface area contributed by atoms with E-state index in [1.807, 2.05) is 17.0 Å². The molecule has 3 spiro atoms. The molecule has 6 rings (SSSR count). The molecule has 3 heterocycles. The van der Waals surface area contributed by atoms with E-state index in [-0.39, 0.29) is 22.6 Å². The third-order valence-electron chi connectivity index (χ3n) is 8.66. The summed E-state index contributed by atoms with van der Waals surface area (Å²) in [6, 6.07) is 6.19. The summed E-state index contributed by atoms with van der Waals surface area (Å²) in [4.78, 5) is 17.5. The van der Waals surface area contributed by atoms with E-state index in [2.05, 4.69) is 17.5 Å². The molecule has 4 atom stereocenters.